The number of rotatable bonds is 24. The molecule has 12 atom stereocenters. The average molecular weight is 1400 g/mol. The smallest absolute Gasteiger partial charge is 0.246 e. The van der Waals surface area contributed by atoms with Crippen LogP contribution < -0.4 is 76.1 Å². The van der Waals surface area contributed by atoms with Gasteiger partial charge in [-0.15, -0.1) is 0 Å². The normalized spacial score (nSPS) is 26.0. The fraction of sp³-hybridized carbons (Fsp3) is 0.667. The quantitative estimate of drug-likeness (QED) is 0.0635. The first-order valence-electron chi connectivity index (χ1n) is 36.2. The average Bonchev–Trinajstić information content (AvgIpc) is 1.58. The molecule has 3 heterocycles. The molecular formula is C72H116N16O12. The Balaban J connectivity index is 1.61. The maximum atomic E-state index is 15.1. The first kappa shape index (κ1) is 82.6. The molecule has 28 heteroatoms. The lowest BCUT2D eigenvalue weighted by Crippen LogP contribution is -2.62. The number of nitrogens with one attached hydrogen (secondary N) is 10. The SMILES string of the molecule is CC(C)C[C@@H]1NC(=O)[C@H](CCCN)NC(=O)[C@H](C(C)C)NC(=O)[C@@H](CCCCN)NC(=O)[C@@H]2CCCN2C(=O)[C@@H](Cc2ccccc2)NC(=O)[C@H](CC(C)C)NC(=O)[C@H](CCCN)NC(=O)[C@H](C(C)C)NC(=O)[C@@H](CCCCN)NC(=O)[C@@H]2CCCN2C(=O)[C@@H](Cc2ccccc2)NC1=O. The number of unbranched alkanes of at least 4 members (excludes halogenated alkanes) is 2. The molecule has 2 aromatic carbocycles. The summed E-state index contributed by atoms with van der Waals surface area (Å²) in [6.45, 7) is 15.2. The van der Waals surface area contributed by atoms with Gasteiger partial charge in [-0.1, -0.05) is 116 Å². The van der Waals surface area contributed by atoms with Gasteiger partial charge in [0.1, 0.15) is 72.5 Å². The number of carbonyl (C=O) groups is 12. The van der Waals surface area contributed by atoms with Crippen molar-refractivity contribution in [2.75, 3.05) is 39.3 Å². The minimum absolute atomic E-state index is 0.0205. The summed E-state index contributed by atoms with van der Waals surface area (Å²) in [5, 5.41) is 28.5. The van der Waals surface area contributed by atoms with Crippen LogP contribution in [-0.4, -0.2) is 192 Å². The van der Waals surface area contributed by atoms with Crippen molar-refractivity contribution in [3.63, 3.8) is 0 Å². The van der Waals surface area contributed by atoms with E-state index < -0.39 is 155 Å². The standard InChI is InChI=1S/C72H116N16O12/c1-43(2)39-53-65(93)83-55(41-47-23-11-9-12-24-47)71(99)87-37-21-31-57(87)67(95)77-50(28-16-18-34-74)64(92)86-60(46(7)8)70(98)80-52(30-20-36-76)62(90)82-54(40-44(3)4)66(94)84-56(42-48-25-13-10-14-26-48)72(100)88-38-22-32-58(88)68(96)78-49(27-15-17-33-73)63(91)85-59(45(5)6)69(97)79-51(29-19-35-75)61(89)81-53/h9-14,23-26,43-46,49-60H,15-22,27-42,73-76H2,1-8H3,(H,77,95)(H,78,96)(H,79,97)(H,80,98)(H,81,89)(H,82,90)(H,83,93)(H,84,94)(H,85,91)(H,86,92)/t49-,50-,51+,52+,53+,54+,55-,56-,57+,58+,59+,60+/m1/s1. The predicted molar refractivity (Wildman–Crippen MR) is 380 cm³/mol. The third-order valence-electron chi connectivity index (χ3n) is 18.5. The highest BCUT2D eigenvalue weighted by atomic mass is 16.2. The molecule has 0 aliphatic carbocycles. The topological polar surface area (TPSA) is 436 Å². The van der Waals surface area contributed by atoms with E-state index in [1.54, 1.807) is 88.4 Å². The van der Waals surface area contributed by atoms with Crippen molar-refractivity contribution in [1.29, 1.82) is 0 Å². The van der Waals surface area contributed by atoms with Crippen LogP contribution in [0.2, 0.25) is 0 Å². The monoisotopic (exact) mass is 1400 g/mol. The maximum absolute atomic E-state index is 15.1. The zero-order chi connectivity index (χ0) is 73.6. The largest absolute Gasteiger partial charge is 0.343 e. The second-order valence-electron chi connectivity index (χ2n) is 28.4. The highest BCUT2D eigenvalue weighted by molar-refractivity contribution is 6.00. The fourth-order valence-corrected chi connectivity index (χ4v) is 12.9. The van der Waals surface area contributed by atoms with Gasteiger partial charge < -0.3 is 85.9 Å². The van der Waals surface area contributed by atoms with Crippen molar-refractivity contribution < 1.29 is 57.5 Å². The number of benzene rings is 2. The summed E-state index contributed by atoms with van der Waals surface area (Å²) in [4.78, 5) is 180. The van der Waals surface area contributed by atoms with Crippen molar-refractivity contribution in [2.24, 2.45) is 46.6 Å². The minimum Gasteiger partial charge on any atom is -0.343 e. The zero-order valence-corrected chi connectivity index (χ0v) is 60.1. The van der Waals surface area contributed by atoms with E-state index in [2.05, 4.69) is 53.2 Å². The van der Waals surface area contributed by atoms with Gasteiger partial charge in [0.25, 0.3) is 0 Å². The number of nitrogens with zero attached hydrogens (tertiary/aromatic N) is 2. The van der Waals surface area contributed by atoms with E-state index in [4.69, 9.17) is 22.9 Å². The van der Waals surface area contributed by atoms with Crippen molar-refractivity contribution in [3.8, 4) is 0 Å². The van der Waals surface area contributed by atoms with Crippen molar-refractivity contribution >= 4 is 70.9 Å². The second kappa shape index (κ2) is 42.2. The Morgan fingerprint density at radius 1 is 0.340 bits per heavy atom. The summed E-state index contributed by atoms with van der Waals surface area (Å²) in [5.74, 6) is -9.91. The maximum Gasteiger partial charge on any atom is 0.246 e. The van der Waals surface area contributed by atoms with Crippen LogP contribution in [0.1, 0.15) is 169 Å². The first-order chi connectivity index (χ1) is 47.7. The van der Waals surface area contributed by atoms with Crippen LogP contribution in [-0.2, 0) is 70.4 Å². The lowest BCUT2D eigenvalue weighted by molar-refractivity contribution is -0.143. The van der Waals surface area contributed by atoms with Crippen LogP contribution in [0.3, 0.4) is 0 Å². The first-order valence-corrected chi connectivity index (χ1v) is 36.2. The molecule has 3 aliphatic heterocycles. The molecule has 0 spiro atoms. The van der Waals surface area contributed by atoms with Crippen LogP contribution in [0.4, 0.5) is 0 Å². The third-order valence-corrected chi connectivity index (χ3v) is 18.5. The summed E-state index contributed by atoms with van der Waals surface area (Å²) in [7, 11) is 0. The summed E-state index contributed by atoms with van der Waals surface area (Å²) in [6, 6.07) is 2.96. The van der Waals surface area contributed by atoms with E-state index >= 15 is 9.59 Å². The molecule has 12 amide bonds. The van der Waals surface area contributed by atoms with E-state index in [-0.39, 0.29) is 128 Å². The molecule has 556 valence electrons. The predicted octanol–water partition coefficient (Wildman–Crippen LogP) is 0.455. The summed E-state index contributed by atoms with van der Waals surface area (Å²) < 4.78 is 0. The molecule has 3 fully saturated rings. The van der Waals surface area contributed by atoms with Crippen molar-refractivity contribution in [1.82, 2.24) is 63.0 Å². The molecule has 18 N–H and O–H groups in total. The minimum atomic E-state index is -1.28. The number of fused-ring (bicyclic) bond motifs is 2. The van der Waals surface area contributed by atoms with Gasteiger partial charge in [0.2, 0.25) is 70.9 Å². The molecule has 2 aromatic rings. The molecule has 3 saturated heterocycles. The van der Waals surface area contributed by atoms with E-state index in [0.29, 0.717) is 49.7 Å². The van der Waals surface area contributed by atoms with Gasteiger partial charge in [0, 0.05) is 25.9 Å². The van der Waals surface area contributed by atoms with E-state index in [1.165, 1.54) is 9.80 Å². The third kappa shape index (κ3) is 25.8. The highest BCUT2D eigenvalue weighted by Gasteiger charge is 2.44. The molecule has 0 radical (unpaired) electrons. The Morgan fingerprint density at radius 2 is 0.620 bits per heavy atom. The molecule has 5 rings (SSSR count). The van der Waals surface area contributed by atoms with Gasteiger partial charge in [-0.2, -0.15) is 0 Å². The van der Waals surface area contributed by atoms with Crippen LogP contribution in [0.15, 0.2) is 60.7 Å². The van der Waals surface area contributed by atoms with Crippen LogP contribution >= 0.6 is 0 Å². The second-order valence-corrected chi connectivity index (χ2v) is 28.4. The highest BCUT2D eigenvalue weighted by Crippen LogP contribution is 2.24. The summed E-state index contributed by atoms with van der Waals surface area (Å²) >= 11 is 0. The number of hydrogen-bond acceptors (Lipinski definition) is 16. The molecule has 0 unspecified atom stereocenters. The van der Waals surface area contributed by atoms with Gasteiger partial charge >= 0.3 is 0 Å². The van der Waals surface area contributed by atoms with E-state index in [1.807, 2.05) is 27.7 Å². The van der Waals surface area contributed by atoms with Gasteiger partial charge in [-0.05, 0) is 164 Å². The van der Waals surface area contributed by atoms with Crippen LogP contribution in [0, 0.1) is 23.7 Å². The van der Waals surface area contributed by atoms with Crippen LogP contribution in [0.25, 0.3) is 0 Å². The Morgan fingerprint density at radius 3 is 0.930 bits per heavy atom. The van der Waals surface area contributed by atoms with Crippen molar-refractivity contribution in [3.05, 3.63) is 71.8 Å². The Hall–Kier alpha value is -8.08. The van der Waals surface area contributed by atoms with E-state index in [9.17, 15) is 47.9 Å². The molecular weight excluding hydrogens is 1280 g/mol. The lowest BCUT2D eigenvalue weighted by Gasteiger charge is -2.32. The zero-order valence-electron chi connectivity index (χ0n) is 60.1. The summed E-state index contributed by atoms with van der Waals surface area (Å²) in [6.07, 6.45) is 3.78. The molecule has 3 aliphatic rings. The molecule has 28 nitrogen and oxygen atoms in total. The molecule has 0 saturated carbocycles. The lowest BCUT2D eigenvalue weighted by atomic mass is 9.99. The van der Waals surface area contributed by atoms with Crippen molar-refractivity contribution in [2.45, 2.75) is 243 Å². The molecule has 0 aromatic heterocycles. The molecule has 100 heavy (non-hydrogen) atoms. The molecule has 0 bridgehead atoms. The number of amides is 12. The number of nitrogens with two attached hydrogens (primary N) is 4. The Bertz CT molecular complexity index is 2810. The van der Waals surface area contributed by atoms with Gasteiger partial charge in [0.15, 0.2) is 0 Å². The summed E-state index contributed by atoms with van der Waals surface area (Å²) in [5.41, 5.74) is 25.1. The number of carbonyl (C=O) groups excluding carboxylic acids is 12. The van der Waals surface area contributed by atoms with E-state index in [0.717, 1.165) is 0 Å². The number of hydrogen-bond donors (Lipinski definition) is 14. The van der Waals surface area contributed by atoms with Gasteiger partial charge in [-0.3, -0.25) is 57.5 Å². The fourth-order valence-electron chi connectivity index (χ4n) is 12.9. The van der Waals surface area contributed by atoms with Gasteiger partial charge in [-0.25, -0.2) is 0 Å². The Kier molecular flexibility index (Phi) is 34.9. The Labute approximate surface area is 590 Å². The van der Waals surface area contributed by atoms with Crippen LogP contribution in [0.5, 0.6) is 0 Å². The van der Waals surface area contributed by atoms with Gasteiger partial charge in [0.05, 0.1) is 0 Å².